The molecule has 0 aromatic carbocycles. The van der Waals surface area contributed by atoms with Crippen molar-refractivity contribution >= 4 is 10.4 Å². The Labute approximate surface area is 118 Å². The molecule has 118 valence electrons. The smallest absolute Gasteiger partial charge is 0.394 e. The van der Waals surface area contributed by atoms with Crippen LogP contribution in [-0.2, 0) is 10.4 Å². The first-order valence-corrected chi connectivity index (χ1v) is 8.51. The lowest BCUT2D eigenvalue weighted by atomic mass is 10.00. The second kappa shape index (κ2) is 14.2. The summed E-state index contributed by atoms with van der Waals surface area (Å²) in [5, 5.41) is 8.60. The summed E-state index contributed by atoms with van der Waals surface area (Å²) in [5.41, 5.74) is 0. The minimum Gasteiger partial charge on any atom is -0.396 e. The molecule has 0 radical (unpaired) electrons. The first-order valence-electron chi connectivity index (χ1n) is 7.12. The Morgan fingerprint density at radius 1 is 0.895 bits per heavy atom. The van der Waals surface area contributed by atoms with Gasteiger partial charge in [-0.15, -0.1) is 0 Å². The van der Waals surface area contributed by atoms with Gasteiger partial charge in [-0.3, -0.25) is 9.11 Å². The monoisotopic (exact) mass is 298 g/mol. The third-order valence-corrected chi connectivity index (χ3v) is 3.05. The fraction of sp³-hybridized carbons (Fsp3) is 1.00. The Morgan fingerprint density at radius 3 is 1.63 bits per heavy atom. The molecular formula is C13H30O5S. The van der Waals surface area contributed by atoms with E-state index in [0.717, 1.165) is 12.3 Å². The van der Waals surface area contributed by atoms with Crippen molar-refractivity contribution in [1.82, 2.24) is 0 Å². The van der Waals surface area contributed by atoms with E-state index in [1.165, 1.54) is 51.4 Å². The van der Waals surface area contributed by atoms with Crippen LogP contribution in [0.3, 0.4) is 0 Å². The van der Waals surface area contributed by atoms with Crippen LogP contribution >= 0.6 is 0 Å². The summed E-state index contributed by atoms with van der Waals surface area (Å²) < 4.78 is 31.6. The average Bonchev–Trinajstić information content (AvgIpc) is 2.30. The zero-order valence-corrected chi connectivity index (χ0v) is 13.0. The van der Waals surface area contributed by atoms with Gasteiger partial charge < -0.3 is 5.11 Å². The summed E-state index contributed by atoms with van der Waals surface area (Å²) in [7, 11) is -4.67. The molecule has 0 saturated heterocycles. The zero-order chi connectivity index (χ0) is 15.1. The number of rotatable bonds is 10. The Balaban J connectivity index is 0. The zero-order valence-electron chi connectivity index (χ0n) is 12.2. The van der Waals surface area contributed by atoms with Gasteiger partial charge in [0.25, 0.3) is 0 Å². The second-order valence-corrected chi connectivity index (χ2v) is 5.84. The normalized spacial score (nSPS) is 12.7. The van der Waals surface area contributed by atoms with Crippen LogP contribution in [0.1, 0.15) is 71.6 Å². The van der Waals surface area contributed by atoms with Crippen molar-refractivity contribution in [1.29, 1.82) is 0 Å². The third-order valence-electron chi connectivity index (χ3n) is 3.05. The van der Waals surface area contributed by atoms with E-state index in [0.29, 0.717) is 6.61 Å². The van der Waals surface area contributed by atoms with E-state index >= 15 is 0 Å². The summed E-state index contributed by atoms with van der Waals surface area (Å²) in [4.78, 5) is 0. The summed E-state index contributed by atoms with van der Waals surface area (Å²) in [6.07, 6.45) is 11.8. The fourth-order valence-corrected chi connectivity index (χ4v) is 1.69. The molecule has 0 aromatic heterocycles. The molecular weight excluding hydrogens is 268 g/mol. The van der Waals surface area contributed by atoms with Gasteiger partial charge in [-0.05, 0) is 12.3 Å². The summed E-state index contributed by atoms with van der Waals surface area (Å²) in [6.45, 7) is 4.99. The van der Waals surface area contributed by atoms with Gasteiger partial charge in [0.1, 0.15) is 0 Å². The molecule has 0 fully saturated rings. The van der Waals surface area contributed by atoms with Gasteiger partial charge in [0.2, 0.25) is 0 Å². The molecule has 19 heavy (non-hydrogen) atoms. The fourth-order valence-electron chi connectivity index (χ4n) is 1.69. The highest BCUT2D eigenvalue weighted by molar-refractivity contribution is 7.79. The van der Waals surface area contributed by atoms with Crippen molar-refractivity contribution in [3.05, 3.63) is 0 Å². The van der Waals surface area contributed by atoms with E-state index < -0.39 is 10.4 Å². The molecule has 0 spiro atoms. The molecule has 1 atom stereocenters. The highest BCUT2D eigenvalue weighted by Gasteiger charge is 1.97. The van der Waals surface area contributed by atoms with Crippen LogP contribution in [0.5, 0.6) is 0 Å². The van der Waals surface area contributed by atoms with Gasteiger partial charge >= 0.3 is 10.4 Å². The van der Waals surface area contributed by atoms with Gasteiger partial charge in [0, 0.05) is 6.61 Å². The van der Waals surface area contributed by atoms with E-state index in [4.69, 9.17) is 22.6 Å². The van der Waals surface area contributed by atoms with Crippen LogP contribution < -0.4 is 0 Å². The van der Waals surface area contributed by atoms with Gasteiger partial charge in [-0.1, -0.05) is 65.2 Å². The highest BCUT2D eigenvalue weighted by Crippen LogP contribution is 2.14. The molecule has 0 aliphatic heterocycles. The van der Waals surface area contributed by atoms with Crippen molar-refractivity contribution in [2.75, 3.05) is 6.61 Å². The number of hydrogen-bond donors (Lipinski definition) is 3. The van der Waals surface area contributed by atoms with Crippen LogP contribution in [0.25, 0.3) is 0 Å². The Morgan fingerprint density at radius 2 is 1.26 bits per heavy atom. The van der Waals surface area contributed by atoms with Gasteiger partial charge in [-0.2, -0.15) is 8.42 Å². The van der Waals surface area contributed by atoms with Crippen LogP contribution in [-0.4, -0.2) is 29.2 Å². The summed E-state index contributed by atoms with van der Waals surface area (Å²) >= 11 is 0. The Hall–Kier alpha value is -0.170. The van der Waals surface area contributed by atoms with Crippen LogP contribution in [0.2, 0.25) is 0 Å². The number of aliphatic hydroxyl groups is 1. The number of hydrogen-bond acceptors (Lipinski definition) is 3. The van der Waals surface area contributed by atoms with Crippen LogP contribution in [0.4, 0.5) is 0 Å². The van der Waals surface area contributed by atoms with Crippen molar-refractivity contribution in [3.8, 4) is 0 Å². The lowest BCUT2D eigenvalue weighted by Crippen LogP contribution is -1.91. The molecule has 0 aromatic rings. The molecule has 3 N–H and O–H groups in total. The molecule has 1 unspecified atom stereocenters. The quantitative estimate of drug-likeness (QED) is 0.424. The van der Waals surface area contributed by atoms with Crippen LogP contribution in [0.15, 0.2) is 0 Å². The topological polar surface area (TPSA) is 94.8 Å². The van der Waals surface area contributed by atoms with E-state index in [1.54, 1.807) is 0 Å². The van der Waals surface area contributed by atoms with Crippen molar-refractivity contribution in [3.63, 3.8) is 0 Å². The molecule has 0 saturated carbocycles. The minimum atomic E-state index is -4.67. The minimum absolute atomic E-state index is 0.369. The summed E-state index contributed by atoms with van der Waals surface area (Å²) in [5.74, 6) is 0.921. The first kappa shape index (κ1) is 21.1. The van der Waals surface area contributed by atoms with Gasteiger partial charge in [0.15, 0.2) is 0 Å². The predicted octanol–water partition coefficient (Wildman–Crippen LogP) is 3.49. The van der Waals surface area contributed by atoms with Crippen LogP contribution in [0, 0.1) is 5.92 Å². The largest absolute Gasteiger partial charge is 0.396 e. The standard InChI is InChI=1S/C13H28O.H2O4S/c1-3-13(2)11-9-7-5-4-6-8-10-12-14;1-5(2,3)4/h13-14H,3-12H2,1-2H3;(H2,1,2,3,4). The molecule has 0 amide bonds. The molecule has 0 aliphatic carbocycles. The average molecular weight is 298 g/mol. The molecule has 0 bridgehead atoms. The molecule has 0 heterocycles. The summed E-state index contributed by atoms with van der Waals surface area (Å²) in [6, 6.07) is 0. The van der Waals surface area contributed by atoms with E-state index in [-0.39, 0.29) is 0 Å². The Bertz CT molecular complexity index is 256. The SMILES string of the molecule is CCC(C)CCCCCCCCCO.O=S(=O)(O)O. The van der Waals surface area contributed by atoms with E-state index in [1.807, 2.05) is 0 Å². The molecule has 5 nitrogen and oxygen atoms in total. The first-order chi connectivity index (χ1) is 8.81. The second-order valence-electron chi connectivity index (χ2n) is 4.95. The van der Waals surface area contributed by atoms with Gasteiger partial charge in [0.05, 0.1) is 0 Å². The number of aliphatic hydroxyl groups excluding tert-OH is 1. The molecule has 6 heteroatoms. The van der Waals surface area contributed by atoms with Crippen molar-refractivity contribution < 1.29 is 22.6 Å². The Kier molecular flexibility index (Phi) is 15.8. The number of unbranched alkanes of at least 4 members (excludes halogenated alkanes) is 6. The maximum absolute atomic E-state index is 8.74. The maximum atomic E-state index is 8.74. The molecule has 0 aliphatic rings. The lowest BCUT2D eigenvalue weighted by Gasteiger charge is -2.07. The highest BCUT2D eigenvalue weighted by atomic mass is 32.3. The lowest BCUT2D eigenvalue weighted by molar-refractivity contribution is 0.282. The van der Waals surface area contributed by atoms with Crippen molar-refractivity contribution in [2.24, 2.45) is 5.92 Å². The van der Waals surface area contributed by atoms with E-state index in [9.17, 15) is 0 Å². The predicted molar refractivity (Wildman–Crippen MR) is 77.7 cm³/mol. The van der Waals surface area contributed by atoms with Crippen molar-refractivity contribution in [2.45, 2.75) is 71.6 Å². The third kappa shape index (κ3) is 31.9. The van der Waals surface area contributed by atoms with E-state index in [2.05, 4.69) is 13.8 Å². The molecule has 0 rings (SSSR count). The van der Waals surface area contributed by atoms with Gasteiger partial charge in [-0.25, -0.2) is 0 Å². The maximum Gasteiger partial charge on any atom is 0.394 e.